The van der Waals surface area contributed by atoms with Crippen molar-refractivity contribution in [3.63, 3.8) is 0 Å². The van der Waals surface area contributed by atoms with E-state index < -0.39 is 28.8 Å². The van der Waals surface area contributed by atoms with Gasteiger partial charge in [0.25, 0.3) is 5.91 Å². The number of amides is 1. The number of benzene rings is 3. The number of anilines is 2. The highest BCUT2D eigenvalue weighted by Crippen LogP contribution is 2.34. The standard InChI is InChI=1S/C23H17ClF2N4O3S2/c24-16-7-9-18(23(31)27-13-15-6-8-17(25)12-19(15)26)21(11-16)30(35(32)33)22-20(28-34-29-22)10-14-4-2-1-3-5-14/h1-9,11-12H,10,13H2,(H,27,31)(H,32,33)/p-1. The Morgan fingerprint density at radius 2 is 1.86 bits per heavy atom. The number of hydrogen-bond acceptors (Lipinski definition) is 6. The maximum absolute atomic E-state index is 14.0. The normalized spacial score (nSPS) is 11.8. The van der Waals surface area contributed by atoms with Gasteiger partial charge in [-0.1, -0.05) is 48.0 Å². The molecule has 180 valence electrons. The molecule has 35 heavy (non-hydrogen) atoms. The summed E-state index contributed by atoms with van der Waals surface area (Å²) >= 11 is 4.08. The van der Waals surface area contributed by atoms with E-state index in [1.165, 1.54) is 24.3 Å². The van der Waals surface area contributed by atoms with Crippen molar-refractivity contribution in [3.05, 3.63) is 106 Å². The Balaban J connectivity index is 1.67. The molecule has 1 atom stereocenters. The molecule has 1 amide bonds. The summed E-state index contributed by atoms with van der Waals surface area (Å²) < 4.78 is 61.1. The lowest BCUT2D eigenvalue weighted by Crippen LogP contribution is -2.28. The summed E-state index contributed by atoms with van der Waals surface area (Å²) in [7, 11) is 0. The number of hydrogen-bond donors (Lipinski definition) is 1. The van der Waals surface area contributed by atoms with Gasteiger partial charge >= 0.3 is 0 Å². The van der Waals surface area contributed by atoms with Crippen molar-refractivity contribution in [2.45, 2.75) is 13.0 Å². The molecule has 1 aromatic heterocycles. The van der Waals surface area contributed by atoms with Crippen LogP contribution in [0.1, 0.15) is 27.2 Å². The third kappa shape index (κ3) is 5.88. The van der Waals surface area contributed by atoms with Gasteiger partial charge in [0.2, 0.25) is 0 Å². The van der Waals surface area contributed by atoms with Crippen LogP contribution in [-0.4, -0.2) is 23.4 Å². The van der Waals surface area contributed by atoms with Crippen molar-refractivity contribution in [3.8, 4) is 0 Å². The molecule has 7 nitrogen and oxygen atoms in total. The minimum absolute atomic E-state index is 0.0353. The summed E-state index contributed by atoms with van der Waals surface area (Å²) in [6.45, 7) is -0.245. The molecule has 0 bridgehead atoms. The van der Waals surface area contributed by atoms with Gasteiger partial charge in [-0.25, -0.2) is 8.78 Å². The topological polar surface area (TPSA) is 98.2 Å². The molecule has 12 heteroatoms. The molecule has 0 fully saturated rings. The molecule has 1 unspecified atom stereocenters. The largest absolute Gasteiger partial charge is 0.755 e. The molecular weight excluding hydrogens is 518 g/mol. The van der Waals surface area contributed by atoms with Crippen molar-refractivity contribution >= 4 is 52.0 Å². The number of nitrogens with one attached hydrogen (secondary N) is 1. The lowest BCUT2D eigenvalue weighted by Gasteiger charge is -2.27. The number of carbonyl (C=O) groups is 1. The van der Waals surface area contributed by atoms with Gasteiger partial charge in [0.1, 0.15) is 17.3 Å². The highest BCUT2D eigenvalue weighted by molar-refractivity contribution is 7.81. The van der Waals surface area contributed by atoms with Crippen molar-refractivity contribution in [1.29, 1.82) is 0 Å². The van der Waals surface area contributed by atoms with Gasteiger partial charge in [-0.15, -0.1) is 0 Å². The Morgan fingerprint density at radius 1 is 1.09 bits per heavy atom. The quantitative estimate of drug-likeness (QED) is 0.324. The van der Waals surface area contributed by atoms with Crippen LogP contribution < -0.4 is 9.62 Å². The molecule has 0 radical (unpaired) electrons. The molecule has 0 aliphatic rings. The second kappa shape index (κ2) is 11.0. The summed E-state index contributed by atoms with van der Waals surface area (Å²) in [4.78, 5) is 13.0. The first-order valence-corrected chi connectivity index (χ1v) is 12.2. The molecule has 1 N–H and O–H groups in total. The average molecular weight is 534 g/mol. The summed E-state index contributed by atoms with van der Waals surface area (Å²) in [5, 5.41) is 2.71. The first-order valence-electron chi connectivity index (χ1n) is 10.1. The Morgan fingerprint density at radius 3 is 2.57 bits per heavy atom. The van der Waals surface area contributed by atoms with E-state index in [1.807, 2.05) is 30.3 Å². The van der Waals surface area contributed by atoms with Crippen molar-refractivity contribution in [1.82, 2.24) is 14.1 Å². The minimum atomic E-state index is -2.89. The van der Waals surface area contributed by atoms with E-state index in [2.05, 4.69) is 14.1 Å². The smallest absolute Gasteiger partial charge is 0.253 e. The van der Waals surface area contributed by atoms with Gasteiger partial charge in [0.05, 0.1) is 34.2 Å². The molecule has 4 rings (SSSR count). The summed E-state index contributed by atoms with van der Waals surface area (Å²) in [5.41, 5.74) is 1.26. The number of aromatic nitrogens is 2. The Bertz CT molecular complexity index is 1390. The maximum Gasteiger partial charge on any atom is 0.253 e. The number of nitrogens with zero attached hydrogens (tertiary/aromatic N) is 3. The van der Waals surface area contributed by atoms with Crippen LogP contribution in [0.2, 0.25) is 5.02 Å². The van der Waals surface area contributed by atoms with E-state index in [0.29, 0.717) is 18.2 Å². The van der Waals surface area contributed by atoms with Crippen LogP contribution in [-0.2, 0) is 24.2 Å². The monoisotopic (exact) mass is 533 g/mol. The fourth-order valence-electron chi connectivity index (χ4n) is 3.32. The first-order chi connectivity index (χ1) is 16.8. The minimum Gasteiger partial charge on any atom is -0.755 e. The van der Waals surface area contributed by atoms with Crippen LogP contribution in [0, 0.1) is 11.6 Å². The van der Waals surface area contributed by atoms with Gasteiger partial charge in [-0.05, 0) is 29.8 Å². The van der Waals surface area contributed by atoms with Crippen molar-refractivity contribution < 1.29 is 22.3 Å². The van der Waals surface area contributed by atoms with E-state index >= 15 is 0 Å². The molecule has 4 aromatic rings. The lowest BCUT2D eigenvalue weighted by atomic mass is 10.1. The molecule has 0 saturated heterocycles. The van der Waals surface area contributed by atoms with Crippen LogP contribution in [0.3, 0.4) is 0 Å². The van der Waals surface area contributed by atoms with Crippen LogP contribution in [0.25, 0.3) is 0 Å². The van der Waals surface area contributed by atoms with Gasteiger partial charge in [0.15, 0.2) is 5.82 Å². The van der Waals surface area contributed by atoms with Crippen LogP contribution >= 0.6 is 23.3 Å². The average Bonchev–Trinajstić information content (AvgIpc) is 3.26. The predicted octanol–water partition coefficient (Wildman–Crippen LogP) is 4.92. The first kappa shape index (κ1) is 24.9. The Labute approximate surface area is 211 Å². The Kier molecular flexibility index (Phi) is 7.81. The van der Waals surface area contributed by atoms with E-state index in [1.54, 1.807) is 0 Å². The van der Waals surface area contributed by atoms with Gasteiger partial charge in [-0.3, -0.25) is 13.3 Å². The molecule has 3 aromatic carbocycles. The SMILES string of the molecule is O=C(NCc1ccc(F)cc1F)c1ccc(Cl)cc1N(c1nsnc1Cc1ccccc1)S(=O)[O-]. The number of halogens is 3. The van der Waals surface area contributed by atoms with Crippen LogP contribution in [0.5, 0.6) is 0 Å². The highest BCUT2D eigenvalue weighted by atomic mass is 35.5. The van der Waals surface area contributed by atoms with Gasteiger partial charge in [0, 0.05) is 29.6 Å². The van der Waals surface area contributed by atoms with E-state index in [-0.39, 0.29) is 34.2 Å². The fraction of sp³-hybridized carbons (Fsp3) is 0.0870. The summed E-state index contributed by atoms with van der Waals surface area (Å²) in [5.74, 6) is -2.21. The number of carbonyl (C=O) groups excluding carboxylic acids is 1. The fourth-order valence-corrected chi connectivity index (χ4v) is 4.69. The van der Waals surface area contributed by atoms with Gasteiger partial charge < -0.3 is 9.87 Å². The Hall–Kier alpha value is -3.25. The molecule has 0 aliphatic heterocycles. The zero-order valence-corrected chi connectivity index (χ0v) is 20.2. The van der Waals surface area contributed by atoms with Crippen LogP contribution in [0.15, 0.2) is 66.7 Å². The maximum atomic E-state index is 14.0. The van der Waals surface area contributed by atoms with Crippen LogP contribution in [0.4, 0.5) is 20.3 Å². The zero-order chi connectivity index (χ0) is 24.9. The summed E-state index contributed by atoms with van der Waals surface area (Å²) in [6.07, 6.45) is 0.312. The molecule has 0 saturated carbocycles. The van der Waals surface area contributed by atoms with E-state index in [9.17, 15) is 22.3 Å². The highest BCUT2D eigenvalue weighted by Gasteiger charge is 2.25. The summed E-state index contributed by atoms with van der Waals surface area (Å²) in [6, 6.07) is 16.4. The molecule has 1 heterocycles. The second-order valence-corrected chi connectivity index (χ2v) is 9.05. The molecular formula is C23H16ClF2N4O3S2-. The zero-order valence-electron chi connectivity index (χ0n) is 17.8. The lowest BCUT2D eigenvalue weighted by molar-refractivity contribution is 0.0951. The van der Waals surface area contributed by atoms with Crippen molar-refractivity contribution in [2.24, 2.45) is 0 Å². The predicted molar refractivity (Wildman–Crippen MR) is 129 cm³/mol. The van der Waals surface area contributed by atoms with E-state index in [0.717, 1.165) is 27.7 Å². The third-order valence-electron chi connectivity index (χ3n) is 4.97. The van der Waals surface area contributed by atoms with Gasteiger partial charge in [-0.2, -0.15) is 8.75 Å². The van der Waals surface area contributed by atoms with E-state index in [4.69, 9.17) is 11.6 Å². The second-order valence-electron chi connectivity index (χ2n) is 7.29. The van der Waals surface area contributed by atoms with Crippen molar-refractivity contribution in [2.75, 3.05) is 4.31 Å². The molecule has 0 spiro atoms. The molecule has 0 aliphatic carbocycles. The third-order valence-corrected chi connectivity index (χ3v) is 6.43. The number of rotatable bonds is 8.